The van der Waals surface area contributed by atoms with E-state index in [1.807, 2.05) is 24.3 Å². The van der Waals surface area contributed by atoms with Gasteiger partial charge in [0, 0.05) is 32.5 Å². The third-order valence-electron chi connectivity index (χ3n) is 4.43. The molecule has 1 aliphatic rings. The van der Waals surface area contributed by atoms with Crippen molar-refractivity contribution in [3.63, 3.8) is 0 Å². The van der Waals surface area contributed by atoms with E-state index in [-0.39, 0.29) is 30.2 Å². The summed E-state index contributed by atoms with van der Waals surface area (Å²) in [6, 6.07) is 7.83. The van der Waals surface area contributed by atoms with Gasteiger partial charge in [0.1, 0.15) is 0 Å². The Bertz CT molecular complexity index is 575. The molecule has 1 aromatic rings. The summed E-state index contributed by atoms with van der Waals surface area (Å²) >= 11 is 0. The van der Waals surface area contributed by atoms with Crippen LogP contribution in [0.2, 0.25) is 0 Å². The van der Waals surface area contributed by atoms with Gasteiger partial charge in [-0.2, -0.15) is 0 Å². The molecule has 1 aliphatic heterocycles. The largest absolute Gasteiger partial charge is 0.387 e. The fourth-order valence-corrected chi connectivity index (χ4v) is 2.80. The van der Waals surface area contributed by atoms with E-state index in [2.05, 4.69) is 26.1 Å². The van der Waals surface area contributed by atoms with Crippen LogP contribution in [0.5, 0.6) is 0 Å². The standard InChI is InChI=1S/C19H28N2O3/c1-19(2,3)15-8-6-14(7-9-15)16(22)13-20-17(23)10-12-21-11-4-5-18(21)24/h6-9,16,22H,4-5,10-13H2,1-3H3,(H,20,23)/t16-/m0/s1. The average molecular weight is 332 g/mol. The van der Waals surface area contributed by atoms with Crippen molar-refractivity contribution in [3.05, 3.63) is 35.4 Å². The lowest BCUT2D eigenvalue weighted by Crippen LogP contribution is -2.33. The molecule has 0 bridgehead atoms. The number of amides is 2. The Kier molecular flexibility index (Phi) is 5.99. The van der Waals surface area contributed by atoms with E-state index in [1.54, 1.807) is 4.90 Å². The van der Waals surface area contributed by atoms with Gasteiger partial charge in [-0.1, -0.05) is 45.0 Å². The van der Waals surface area contributed by atoms with E-state index >= 15 is 0 Å². The molecule has 2 rings (SSSR count). The lowest BCUT2D eigenvalue weighted by Gasteiger charge is -2.20. The first kappa shape index (κ1) is 18.5. The first-order valence-corrected chi connectivity index (χ1v) is 8.60. The van der Waals surface area contributed by atoms with Crippen LogP contribution in [0.1, 0.15) is 57.3 Å². The molecule has 1 fully saturated rings. The third kappa shape index (κ3) is 5.06. The lowest BCUT2D eigenvalue weighted by atomic mass is 9.86. The van der Waals surface area contributed by atoms with E-state index in [9.17, 15) is 14.7 Å². The molecule has 0 spiro atoms. The van der Waals surface area contributed by atoms with E-state index < -0.39 is 6.10 Å². The predicted molar refractivity (Wildman–Crippen MR) is 93.5 cm³/mol. The number of hydrogen-bond acceptors (Lipinski definition) is 3. The number of nitrogens with zero attached hydrogens (tertiary/aromatic N) is 1. The van der Waals surface area contributed by atoms with Gasteiger partial charge >= 0.3 is 0 Å². The van der Waals surface area contributed by atoms with Crippen LogP contribution in [0.25, 0.3) is 0 Å². The molecule has 1 saturated heterocycles. The SMILES string of the molecule is CC(C)(C)c1ccc([C@@H](O)CNC(=O)CCN2CCCC2=O)cc1. The lowest BCUT2D eigenvalue weighted by molar-refractivity contribution is -0.128. The number of rotatable bonds is 6. The number of aliphatic hydroxyl groups excluding tert-OH is 1. The smallest absolute Gasteiger partial charge is 0.222 e. The van der Waals surface area contributed by atoms with Crippen molar-refractivity contribution in [2.24, 2.45) is 0 Å². The summed E-state index contributed by atoms with van der Waals surface area (Å²) in [5.74, 6) is -0.0122. The van der Waals surface area contributed by atoms with Crippen molar-refractivity contribution >= 4 is 11.8 Å². The highest BCUT2D eigenvalue weighted by atomic mass is 16.3. The average Bonchev–Trinajstić information content (AvgIpc) is 2.95. The maximum Gasteiger partial charge on any atom is 0.222 e. The van der Waals surface area contributed by atoms with Gasteiger partial charge in [-0.25, -0.2) is 0 Å². The molecular formula is C19H28N2O3. The minimum Gasteiger partial charge on any atom is -0.387 e. The first-order chi connectivity index (χ1) is 11.3. The number of nitrogens with one attached hydrogen (secondary N) is 1. The van der Waals surface area contributed by atoms with Crippen molar-refractivity contribution < 1.29 is 14.7 Å². The van der Waals surface area contributed by atoms with Gasteiger partial charge in [-0.3, -0.25) is 9.59 Å². The van der Waals surface area contributed by atoms with Gasteiger partial charge in [-0.05, 0) is 23.0 Å². The maximum atomic E-state index is 11.9. The van der Waals surface area contributed by atoms with Crippen molar-refractivity contribution in [3.8, 4) is 0 Å². The Labute approximate surface area is 144 Å². The van der Waals surface area contributed by atoms with Crippen molar-refractivity contribution in [2.75, 3.05) is 19.6 Å². The highest BCUT2D eigenvalue weighted by Gasteiger charge is 2.20. The second-order valence-electron chi connectivity index (χ2n) is 7.43. The van der Waals surface area contributed by atoms with Crippen LogP contribution in [0.15, 0.2) is 24.3 Å². The molecule has 2 N–H and O–H groups in total. The first-order valence-electron chi connectivity index (χ1n) is 8.60. The van der Waals surface area contributed by atoms with E-state index in [4.69, 9.17) is 0 Å². The molecule has 1 aromatic carbocycles. The summed E-state index contributed by atoms with van der Waals surface area (Å²) in [5.41, 5.74) is 2.07. The highest BCUT2D eigenvalue weighted by molar-refractivity contribution is 5.80. The second kappa shape index (κ2) is 7.79. The maximum absolute atomic E-state index is 11.9. The Hall–Kier alpha value is -1.88. The molecule has 5 nitrogen and oxygen atoms in total. The molecule has 132 valence electrons. The molecule has 1 heterocycles. The fraction of sp³-hybridized carbons (Fsp3) is 0.579. The molecule has 0 aromatic heterocycles. The molecule has 0 unspecified atom stereocenters. The van der Waals surface area contributed by atoms with Gasteiger partial charge in [-0.15, -0.1) is 0 Å². The summed E-state index contributed by atoms with van der Waals surface area (Å²) in [5, 5.41) is 12.9. The number of carbonyl (C=O) groups is 2. The van der Waals surface area contributed by atoms with Gasteiger partial charge < -0.3 is 15.3 Å². The number of hydrogen-bond donors (Lipinski definition) is 2. The summed E-state index contributed by atoms with van der Waals surface area (Å²) in [7, 11) is 0. The predicted octanol–water partition coefficient (Wildman–Crippen LogP) is 2.15. The van der Waals surface area contributed by atoms with Crippen molar-refractivity contribution in [1.29, 1.82) is 0 Å². The molecular weight excluding hydrogens is 304 g/mol. The monoisotopic (exact) mass is 332 g/mol. The van der Waals surface area contributed by atoms with E-state index in [1.165, 1.54) is 5.56 Å². The zero-order valence-corrected chi connectivity index (χ0v) is 14.8. The fourth-order valence-electron chi connectivity index (χ4n) is 2.80. The van der Waals surface area contributed by atoms with E-state index in [0.717, 1.165) is 18.5 Å². The minimum absolute atomic E-state index is 0.0741. The van der Waals surface area contributed by atoms with Crippen LogP contribution in [0.4, 0.5) is 0 Å². The van der Waals surface area contributed by atoms with Gasteiger partial charge in [0.15, 0.2) is 0 Å². The second-order valence-corrected chi connectivity index (χ2v) is 7.43. The molecule has 0 saturated carbocycles. The number of benzene rings is 1. The number of carbonyl (C=O) groups excluding carboxylic acids is 2. The normalized spacial score (nSPS) is 16.3. The zero-order chi connectivity index (χ0) is 17.7. The number of likely N-dealkylation sites (tertiary alicyclic amines) is 1. The summed E-state index contributed by atoms with van der Waals surface area (Å²) in [6.07, 6.45) is 1.02. The van der Waals surface area contributed by atoms with Crippen LogP contribution >= 0.6 is 0 Å². The minimum atomic E-state index is -0.726. The quantitative estimate of drug-likeness (QED) is 0.838. The Morgan fingerprint density at radius 3 is 2.50 bits per heavy atom. The topological polar surface area (TPSA) is 69.6 Å². The van der Waals surface area contributed by atoms with Gasteiger partial charge in [0.25, 0.3) is 0 Å². The van der Waals surface area contributed by atoms with Gasteiger partial charge in [0.2, 0.25) is 11.8 Å². The molecule has 5 heteroatoms. The van der Waals surface area contributed by atoms with Crippen molar-refractivity contribution in [1.82, 2.24) is 10.2 Å². The molecule has 0 radical (unpaired) electrons. The van der Waals surface area contributed by atoms with Crippen LogP contribution in [0, 0.1) is 0 Å². The molecule has 24 heavy (non-hydrogen) atoms. The van der Waals surface area contributed by atoms with Crippen LogP contribution in [0.3, 0.4) is 0 Å². The van der Waals surface area contributed by atoms with Gasteiger partial charge in [0.05, 0.1) is 6.10 Å². The summed E-state index contributed by atoms with van der Waals surface area (Å²) in [4.78, 5) is 25.1. The Morgan fingerprint density at radius 1 is 1.29 bits per heavy atom. The van der Waals surface area contributed by atoms with Crippen molar-refractivity contribution in [2.45, 2.75) is 51.6 Å². The Morgan fingerprint density at radius 2 is 1.96 bits per heavy atom. The van der Waals surface area contributed by atoms with Crippen LogP contribution in [-0.2, 0) is 15.0 Å². The number of aliphatic hydroxyl groups is 1. The highest BCUT2D eigenvalue weighted by Crippen LogP contribution is 2.23. The molecule has 0 aliphatic carbocycles. The zero-order valence-electron chi connectivity index (χ0n) is 14.8. The Balaban J connectivity index is 1.76. The summed E-state index contributed by atoms with van der Waals surface area (Å²) in [6.45, 7) is 7.81. The third-order valence-corrected chi connectivity index (χ3v) is 4.43. The van der Waals surface area contributed by atoms with Crippen LogP contribution < -0.4 is 5.32 Å². The molecule has 1 atom stereocenters. The molecule has 2 amide bonds. The summed E-state index contributed by atoms with van der Waals surface area (Å²) < 4.78 is 0. The van der Waals surface area contributed by atoms with Crippen LogP contribution in [-0.4, -0.2) is 41.5 Å². The van der Waals surface area contributed by atoms with E-state index in [0.29, 0.717) is 13.0 Å².